The zero-order chi connectivity index (χ0) is 25.8. The fourth-order valence-corrected chi connectivity index (χ4v) is 6.21. The average molecular weight is 538 g/mol. The second-order valence-corrected chi connectivity index (χ2v) is 12.0. The first kappa shape index (κ1) is 24.4. The van der Waals surface area contributed by atoms with E-state index in [0.29, 0.717) is 62.2 Å². The smallest absolute Gasteiger partial charge is 0.379 e. The van der Waals surface area contributed by atoms with Gasteiger partial charge in [0.15, 0.2) is 15.5 Å². The van der Waals surface area contributed by atoms with Crippen molar-refractivity contribution in [1.29, 1.82) is 0 Å². The number of nitrogens with zero attached hydrogens (tertiary/aromatic N) is 6. The molecule has 2 aromatic heterocycles. The molecule has 10 nitrogen and oxygen atoms in total. The van der Waals surface area contributed by atoms with Gasteiger partial charge < -0.3 is 15.0 Å². The molecule has 6 rings (SSSR count). The molecule has 1 atom stereocenters. The van der Waals surface area contributed by atoms with Crippen molar-refractivity contribution >= 4 is 32.6 Å². The Labute approximate surface area is 211 Å². The summed E-state index contributed by atoms with van der Waals surface area (Å²) in [5.74, 6) is 1.34. The van der Waals surface area contributed by atoms with E-state index < -0.39 is 21.6 Å². The average Bonchev–Trinajstić information content (AvgIpc) is 3.49. The van der Waals surface area contributed by atoms with Crippen LogP contribution in [0.25, 0.3) is 16.7 Å². The molecule has 1 N–H and O–H groups in total. The van der Waals surface area contributed by atoms with Crippen LogP contribution in [0.15, 0.2) is 30.5 Å². The number of fused-ring (bicyclic) bond motifs is 1. The van der Waals surface area contributed by atoms with Gasteiger partial charge in [-0.15, -0.1) is 0 Å². The number of halogens is 3. The normalized spacial score (nSPS) is 22.9. The third-order valence-corrected chi connectivity index (χ3v) is 8.76. The maximum absolute atomic E-state index is 13.3. The Morgan fingerprint density at radius 1 is 1.11 bits per heavy atom. The zero-order valence-corrected chi connectivity index (χ0v) is 20.7. The maximum atomic E-state index is 13.3. The lowest BCUT2D eigenvalue weighted by atomic mass is 10.1. The lowest BCUT2D eigenvalue weighted by Gasteiger charge is -2.47. The summed E-state index contributed by atoms with van der Waals surface area (Å²) in [6.45, 7) is 3.51. The number of ether oxygens (including phenoxy) is 1. The van der Waals surface area contributed by atoms with Crippen molar-refractivity contribution < 1.29 is 26.3 Å². The van der Waals surface area contributed by atoms with E-state index in [1.165, 1.54) is 10.7 Å². The molecule has 0 radical (unpaired) electrons. The third kappa shape index (κ3) is 4.84. The molecule has 3 saturated heterocycles. The van der Waals surface area contributed by atoms with Gasteiger partial charge in [-0.05, 0) is 24.6 Å². The molecule has 37 heavy (non-hydrogen) atoms. The van der Waals surface area contributed by atoms with Gasteiger partial charge in [0.25, 0.3) is 0 Å². The summed E-state index contributed by atoms with van der Waals surface area (Å²) in [6, 6.07) is 5.23. The van der Waals surface area contributed by atoms with Crippen molar-refractivity contribution in [3.8, 4) is 5.69 Å². The van der Waals surface area contributed by atoms with Gasteiger partial charge in [0, 0.05) is 38.8 Å². The maximum Gasteiger partial charge on any atom is 0.416 e. The molecule has 14 heteroatoms. The predicted octanol–water partition coefficient (Wildman–Crippen LogP) is 1.95. The van der Waals surface area contributed by atoms with Crippen molar-refractivity contribution in [3.05, 3.63) is 36.0 Å². The molecule has 0 aliphatic carbocycles. The van der Waals surface area contributed by atoms with E-state index in [1.54, 1.807) is 12.3 Å². The fraction of sp³-hybridized carbons (Fsp3) is 0.522. The van der Waals surface area contributed by atoms with Crippen LogP contribution in [0.1, 0.15) is 12.0 Å². The number of aromatic nitrogens is 4. The molecule has 3 aliphatic heterocycles. The van der Waals surface area contributed by atoms with Crippen molar-refractivity contribution in [2.24, 2.45) is 0 Å². The number of alkyl halides is 3. The number of hydrogen-bond donors (Lipinski definition) is 1. The molecule has 3 fully saturated rings. The summed E-state index contributed by atoms with van der Waals surface area (Å²) in [6.07, 6.45) is -2.10. The Hall–Kier alpha value is -2.97. The minimum atomic E-state index is -4.48. The SMILES string of the molecule is O=S1(=O)CCN(C2CN(c3nc(N[C@@H]4CCOC4)nc4c3cnn4-c3cccc(C(F)(F)F)c3)C2)CC1. The first-order valence-electron chi connectivity index (χ1n) is 12.1. The van der Waals surface area contributed by atoms with Crippen molar-refractivity contribution in [1.82, 2.24) is 24.6 Å². The molecule has 198 valence electrons. The molecule has 5 heterocycles. The second-order valence-electron chi connectivity index (χ2n) is 9.66. The Kier molecular flexibility index (Phi) is 5.99. The highest BCUT2D eigenvalue weighted by atomic mass is 32.2. The number of anilines is 2. The third-order valence-electron chi connectivity index (χ3n) is 7.15. The van der Waals surface area contributed by atoms with Crippen LogP contribution < -0.4 is 10.2 Å². The molecule has 0 spiro atoms. The van der Waals surface area contributed by atoms with E-state index in [0.717, 1.165) is 18.6 Å². The zero-order valence-electron chi connectivity index (χ0n) is 19.9. The monoisotopic (exact) mass is 537 g/mol. The predicted molar refractivity (Wildman–Crippen MR) is 131 cm³/mol. The summed E-state index contributed by atoms with van der Waals surface area (Å²) in [5, 5.41) is 8.30. The van der Waals surface area contributed by atoms with Gasteiger partial charge in [-0.25, -0.2) is 13.1 Å². The lowest BCUT2D eigenvalue weighted by molar-refractivity contribution is -0.137. The quantitative estimate of drug-likeness (QED) is 0.523. The largest absolute Gasteiger partial charge is 0.416 e. The van der Waals surface area contributed by atoms with Crippen molar-refractivity contribution in [2.75, 3.05) is 61.1 Å². The molecule has 3 aliphatic rings. The molecular weight excluding hydrogens is 511 g/mol. The second kappa shape index (κ2) is 9.10. The number of sulfone groups is 1. The highest BCUT2D eigenvalue weighted by Crippen LogP contribution is 2.34. The summed E-state index contributed by atoms with van der Waals surface area (Å²) in [5.41, 5.74) is -0.114. The van der Waals surface area contributed by atoms with E-state index >= 15 is 0 Å². The minimum absolute atomic E-state index is 0.0367. The molecule has 0 amide bonds. The number of rotatable bonds is 5. The summed E-state index contributed by atoms with van der Waals surface area (Å²) in [7, 11) is -2.96. The molecule has 0 unspecified atom stereocenters. The molecule has 1 aromatic carbocycles. The van der Waals surface area contributed by atoms with Crippen LogP contribution >= 0.6 is 0 Å². The van der Waals surface area contributed by atoms with Gasteiger partial charge >= 0.3 is 6.18 Å². The van der Waals surface area contributed by atoms with E-state index in [2.05, 4.69) is 25.2 Å². The van der Waals surface area contributed by atoms with E-state index in [4.69, 9.17) is 9.72 Å². The van der Waals surface area contributed by atoms with Gasteiger partial charge in [0.1, 0.15) is 5.82 Å². The molecule has 3 aromatic rings. The van der Waals surface area contributed by atoms with Crippen LogP contribution in [0.3, 0.4) is 0 Å². The van der Waals surface area contributed by atoms with E-state index in [-0.39, 0.29) is 29.3 Å². The van der Waals surface area contributed by atoms with Crippen molar-refractivity contribution in [2.45, 2.75) is 24.7 Å². The topological polar surface area (TPSA) is 105 Å². The Balaban J connectivity index is 1.32. The lowest BCUT2D eigenvalue weighted by Crippen LogP contribution is -2.62. The van der Waals surface area contributed by atoms with Gasteiger partial charge in [-0.3, -0.25) is 4.90 Å². The first-order valence-corrected chi connectivity index (χ1v) is 14.0. The van der Waals surface area contributed by atoms with Gasteiger partial charge in [-0.1, -0.05) is 6.07 Å². The van der Waals surface area contributed by atoms with Crippen LogP contribution in [0.2, 0.25) is 0 Å². The molecular formula is C23H26F3N7O3S. The Morgan fingerprint density at radius 2 is 1.89 bits per heavy atom. The molecule has 0 bridgehead atoms. The fourth-order valence-electron chi connectivity index (χ4n) is 4.98. The Bertz CT molecular complexity index is 1400. The Morgan fingerprint density at radius 3 is 2.59 bits per heavy atom. The number of hydrogen-bond acceptors (Lipinski definition) is 9. The van der Waals surface area contributed by atoms with Crippen LogP contribution in [0, 0.1) is 0 Å². The summed E-state index contributed by atoms with van der Waals surface area (Å²) >= 11 is 0. The molecule has 0 saturated carbocycles. The number of benzene rings is 1. The van der Waals surface area contributed by atoms with Crippen molar-refractivity contribution in [3.63, 3.8) is 0 Å². The standard InChI is InChI=1S/C23H26F3N7O3S/c24-23(25,26)15-2-1-3-17(10-15)33-21-19(11-27-33)20(29-22(30-21)28-16-4-7-36-14-16)32-12-18(13-32)31-5-8-37(34,35)9-6-31/h1-3,10-11,16,18H,4-9,12-14H2,(H,28,29,30)/t16-/m1/s1. The highest BCUT2D eigenvalue weighted by Gasteiger charge is 2.37. The summed E-state index contributed by atoms with van der Waals surface area (Å²) < 4.78 is 70.5. The van der Waals surface area contributed by atoms with E-state index in [9.17, 15) is 21.6 Å². The number of nitrogens with one attached hydrogen (secondary N) is 1. The van der Waals surface area contributed by atoms with Gasteiger partial charge in [0.05, 0.1) is 47.0 Å². The van der Waals surface area contributed by atoms with Gasteiger partial charge in [-0.2, -0.15) is 28.2 Å². The van der Waals surface area contributed by atoms with Crippen LogP contribution in [0.5, 0.6) is 0 Å². The van der Waals surface area contributed by atoms with Crippen LogP contribution in [-0.2, 0) is 20.8 Å². The highest BCUT2D eigenvalue weighted by molar-refractivity contribution is 7.91. The minimum Gasteiger partial charge on any atom is -0.379 e. The van der Waals surface area contributed by atoms with E-state index in [1.807, 2.05) is 0 Å². The van der Waals surface area contributed by atoms with Crippen LogP contribution in [-0.4, -0.2) is 96.0 Å². The van der Waals surface area contributed by atoms with Crippen LogP contribution in [0.4, 0.5) is 24.9 Å². The first-order chi connectivity index (χ1) is 17.7. The van der Waals surface area contributed by atoms with Gasteiger partial charge in [0.2, 0.25) is 5.95 Å². The summed E-state index contributed by atoms with van der Waals surface area (Å²) in [4.78, 5) is 13.7.